The molecular formula is C20H32FIN4O2. The van der Waals surface area contributed by atoms with Crippen LogP contribution in [0.4, 0.5) is 4.39 Å². The van der Waals surface area contributed by atoms with Gasteiger partial charge in [-0.1, -0.05) is 0 Å². The summed E-state index contributed by atoms with van der Waals surface area (Å²) in [4.78, 5) is 7.14. The zero-order chi connectivity index (χ0) is 19.1. The van der Waals surface area contributed by atoms with E-state index in [1.807, 2.05) is 13.8 Å². The van der Waals surface area contributed by atoms with Crippen molar-refractivity contribution in [2.45, 2.75) is 44.9 Å². The van der Waals surface area contributed by atoms with Gasteiger partial charge in [0.1, 0.15) is 17.7 Å². The summed E-state index contributed by atoms with van der Waals surface area (Å²) in [6.45, 7) is 9.05. The minimum absolute atomic E-state index is 0. The summed E-state index contributed by atoms with van der Waals surface area (Å²) in [7, 11) is 0. The van der Waals surface area contributed by atoms with Crippen LogP contribution in [0.3, 0.4) is 0 Å². The van der Waals surface area contributed by atoms with Crippen LogP contribution in [0.2, 0.25) is 0 Å². The van der Waals surface area contributed by atoms with E-state index >= 15 is 0 Å². The number of hydrogen-bond donors (Lipinski definition) is 2. The second-order valence-electron chi connectivity index (χ2n) is 7.23. The van der Waals surface area contributed by atoms with Crippen LogP contribution in [-0.2, 0) is 4.74 Å². The lowest BCUT2D eigenvalue weighted by Crippen LogP contribution is -2.51. The molecule has 0 bridgehead atoms. The summed E-state index contributed by atoms with van der Waals surface area (Å²) in [5.41, 5.74) is 0. The number of ether oxygens (including phenoxy) is 2. The minimum atomic E-state index is -0.267. The number of halogens is 2. The van der Waals surface area contributed by atoms with Crippen molar-refractivity contribution in [2.75, 3.05) is 39.3 Å². The number of hydrogen-bond acceptors (Lipinski definition) is 4. The van der Waals surface area contributed by atoms with Crippen molar-refractivity contribution >= 4 is 29.9 Å². The first-order valence-electron chi connectivity index (χ1n) is 9.94. The molecule has 8 heteroatoms. The van der Waals surface area contributed by atoms with Crippen LogP contribution in [-0.4, -0.2) is 68.4 Å². The zero-order valence-electron chi connectivity index (χ0n) is 16.7. The molecule has 0 radical (unpaired) electrons. The van der Waals surface area contributed by atoms with Gasteiger partial charge in [0.05, 0.1) is 19.3 Å². The van der Waals surface area contributed by atoms with Crippen LogP contribution in [0.25, 0.3) is 0 Å². The van der Waals surface area contributed by atoms with Crippen LogP contribution in [0, 0.1) is 5.82 Å². The van der Waals surface area contributed by atoms with Gasteiger partial charge >= 0.3 is 0 Å². The van der Waals surface area contributed by atoms with Crippen molar-refractivity contribution in [3.63, 3.8) is 0 Å². The van der Waals surface area contributed by atoms with Crippen molar-refractivity contribution in [2.24, 2.45) is 4.99 Å². The molecule has 1 aromatic rings. The van der Waals surface area contributed by atoms with Gasteiger partial charge in [-0.2, -0.15) is 0 Å². The molecule has 158 valence electrons. The van der Waals surface area contributed by atoms with Crippen molar-refractivity contribution in [3.05, 3.63) is 30.1 Å². The highest BCUT2D eigenvalue weighted by Crippen LogP contribution is 2.22. The Labute approximate surface area is 184 Å². The maximum Gasteiger partial charge on any atom is 0.191 e. The minimum Gasteiger partial charge on any atom is -0.489 e. The number of nitrogens with one attached hydrogen (secondary N) is 2. The third kappa shape index (κ3) is 7.04. The quantitative estimate of drug-likeness (QED) is 0.339. The lowest BCUT2D eigenvalue weighted by atomic mass is 10.2. The van der Waals surface area contributed by atoms with E-state index in [-0.39, 0.29) is 42.0 Å². The topological polar surface area (TPSA) is 58.1 Å². The highest BCUT2D eigenvalue weighted by molar-refractivity contribution is 14.0. The van der Waals surface area contributed by atoms with Gasteiger partial charge in [-0.15, -0.1) is 24.0 Å². The van der Waals surface area contributed by atoms with Gasteiger partial charge in [0.15, 0.2) is 5.96 Å². The Balaban J connectivity index is 0.00000280. The molecule has 2 aliphatic heterocycles. The van der Waals surface area contributed by atoms with E-state index in [2.05, 4.69) is 20.5 Å². The third-order valence-electron chi connectivity index (χ3n) is 4.96. The predicted octanol–water partition coefficient (Wildman–Crippen LogP) is 2.63. The standard InChI is InChI=1S/C20H31FN4O2.HI/c1-3-22-20(23-11-15(2)27-18-8-6-16(21)7-9-18)24-12-19-13-25-10-4-5-17(25)14-26-19;/h6-9,15,17,19H,3-5,10-14H2,1-2H3,(H2,22,23,24);1H. The number of guanidine groups is 1. The van der Waals surface area contributed by atoms with Gasteiger partial charge in [0.25, 0.3) is 0 Å². The summed E-state index contributed by atoms with van der Waals surface area (Å²) >= 11 is 0. The van der Waals surface area contributed by atoms with Crippen LogP contribution in [0.1, 0.15) is 26.7 Å². The molecule has 3 unspecified atom stereocenters. The maximum absolute atomic E-state index is 13.0. The monoisotopic (exact) mass is 506 g/mol. The number of benzene rings is 1. The first-order chi connectivity index (χ1) is 13.1. The summed E-state index contributed by atoms with van der Waals surface area (Å²) in [6, 6.07) is 6.67. The highest BCUT2D eigenvalue weighted by atomic mass is 127. The molecular weight excluding hydrogens is 474 g/mol. The fraction of sp³-hybridized carbons (Fsp3) is 0.650. The van der Waals surface area contributed by atoms with Crippen LogP contribution >= 0.6 is 24.0 Å². The summed E-state index contributed by atoms with van der Waals surface area (Å²) in [5, 5.41) is 6.64. The molecule has 6 nitrogen and oxygen atoms in total. The van der Waals surface area contributed by atoms with E-state index in [1.165, 1.54) is 31.5 Å². The highest BCUT2D eigenvalue weighted by Gasteiger charge is 2.32. The Kier molecular flexibility index (Phi) is 9.73. The molecule has 0 saturated carbocycles. The molecule has 0 aromatic heterocycles. The second kappa shape index (κ2) is 11.8. The average Bonchev–Trinajstić information content (AvgIpc) is 3.13. The Hall–Kier alpha value is -1.13. The molecule has 2 fully saturated rings. The van der Waals surface area contributed by atoms with Gasteiger partial charge in [-0.05, 0) is 57.5 Å². The van der Waals surface area contributed by atoms with Crippen molar-refractivity contribution in [1.29, 1.82) is 0 Å². The summed E-state index contributed by atoms with van der Waals surface area (Å²) in [6.07, 6.45) is 2.62. The normalized spacial score (nSPS) is 23.5. The Morgan fingerprint density at radius 3 is 2.89 bits per heavy atom. The number of nitrogens with zero attached hydrogens (tertiary/aromatic N) is 2. The summed E-state index contributed by atoms with van der Waals surface area (Å²) in [5.74, 6) is 1.14. The number of rotatable bonds is 7. The lowest BCUT2D eigenvalue weighted by molar-refractivity contribution is -0.0453. The van der Waals surface area contributed by atoms with E-state index in [4.69, 9.17) is 9.47 Å². The molecule has 1 aromatic carbocycles. The Bertz CT molecular complexity index is 617. The molecule has 2 N–H and O–H groups in total. The molecule has 2 heterocycles. The first kappa shape index (κ1) is 23.2. The predicted molar refractivity (Wildman–Crippen MR) is 120 cm³/mol. The van der Waals surface area contributed by atoms with E-state index in [1.54, 1.807) is 12.1 Å². The molecule has 0 aliphatic carbocycles. The molecule has 3 rings (SSSR count). The number of fused-ring (bicyclic) bond motifs is 1. The fourth-order valence-corrected chi connectivity index (χ4v) is 3.56. The number of aliphatic imine (C=N–C) groups is 1. The summed E-state index contributed by atoms with van der Waals surface area (Å²) < 4.78 is 24.7. The molecule has 3 atom stereocenters. The molecule has 0 spiro atoms. The fourth-order valence-electron chi connectivity index (χ4n) is 3.56. The van der Waals surface area contributed by atoms with Crippen LogP contribution in [0.5, 0.6) is 5.75 Å². The van der Waals surface area contributed by atoms with Gasteiger partial charge in [-0.3, -0.25) is 4.90 Å². The molecule has 0 amide bonds. The van der Waals surface area contributed by atoms with Crippen LogP contribution < -0.4 is 15.4 Å². The van der Waals surface area contributed by atoms with Crippen LogP contribution in [0.15, 0.2) is 29.3 Å². The van der Waals surface area contributed by atoms with Gasteiger partial charge in [0, 0.05) is 25.7 Å². The van der Waals surface area contributed by atoms with E-state index in [0.717, 1.165) is 32.2 Å². The third-order valence-corrected chi connectivity index (χ3v) is 4.96. The Morgan fingerprint density at radius 2 is 2.14 bits per heavy atom. The van der Waals surface area contributed by atoms with E-state index in [0.29, 0.717) is 18.3 Å². The first-order valence-corrected chi connectivity index (χ1v) is 9.94. The van der Waals surface area contributed by atoms with Crippen molar-refractivity contribution < 1.29 is 13.9 Å². The Morgan fingerprint density at radius 1 is 1.36 bits per heavy atom. The zero-order valence-corrected chi connectivity index (χ0v) is 19.0. The average molecular weight is 506 g/mol. The van der Waals surface area contributed by atoms with Gasteiger partial charge in [-0.25, -0.2) is 9.38 Å². The van der Waals surface area contributed by atoms with Crippen molar-refractivity contribution in [1.82, 2.24) is 15.5 Å². The van der Waals surface area contributed by atoms with E-state index in [9.17, 15) is 4.39 Å². The SMILES string of the molecule is CCNC(=NCC(C)Oc1ccc(F)cc1)NCC1CN2CCCC2CO1.I. The van der Waals surface area contributed by atoms with E-state index < -0.39 is 0 Å². The largest absolute Gasteiger partial charge is 0.489 e. The second-order valence-corrected chi connectivity index (χ2v) is 7.23. The van der Waals surface area contributed by atoms with Gasteiger partial charge < -0.3 is 20.1 Å². The number of morpholine rings is 1. The molecule has 2 saturated heterocycles. The molecule has 2 aliphatic rings. The smallest absolute Gasteiger partial charge is 0.191 e. The van der Waals surface area contributed by atoms with Crippen molar-refractivity contribution in [3.8, 4) is 5.75 Å². The maximum atomic E-state index is 13.0. The molecule has 28 heavy (non-hydrogen) atoms. The lowest BCUT2D eigenvalue weighted by Gasteiger charge is -2.35. The van der Waals surface area contributed by atoms with Gasteiger partial charge in [0.2, 0.25) is 0 Å².